The second-order valence-electron chi connectivity index (χ2n) is 5.05. The SMILES string of the molecule is CCCNc1ccc(NS(=O)(=O)c2ccsc2C(=O)OC)c(OC)c1. The Hall–Kier alpha value is -2.26. The van der Waals surface area contributed by atoms with E-state index in [0.29, 0.717) is 5.75 Å². The molecule has 0 amide bonds. The number of hydrogen-bond acceptors (Lipinski definition) is 7. The number of anilines is 2. The number of thiophene rings is 1. The minimum Gasteiger partial charge on any atom is -0.494 e. The van der Waals surface area contributed by atoms with Crippen molar-refractivity contribution in [2.75, 3.05) is 30.8 Å². The largest absolute Gasteiger partial charge is 0.494 e. The summed E-state index contributed by atoms with van der Waals surface area (Å²) in [6.45, 7) is 2.85. The summed E-state index contributed by atoms with van der Waals surface area (Å²) in [5.41, 5.74) is 1.11. The zero-order valence-electron chi connectivity index (χ0n) is 14.2. The molecule has 0 aliphatic carbocycles. The summed E-state index contributed by atoms with van der Waals surface area (Å²) < 4.78 is 37.6. The smallest absolute Gasteiger partial charge is 0.349 e. The number of methoxy groups -OCH3 is 2. The summed E-state index contributed by atoms with van der Waals surface area (Å²) in [7, 11) is -1.29. The fraction of sp³-hybridized carbons (Fsp3) is 0.312. The van der Waals surface area contributed by atoms with Gasteiger partial charge in [0.15, 0.2) is 0 Å². The monoisotopic (exact) mass is 384 g/mol. The first-order valence-corrected chi connectivity index (χ1v) is 9.89. The van der Waals surface area contributed by atoms with Gasteiger partial charge in [0.1, 0.15) is 15.5 Å². The van der Waals surface area contributed by atoms with Crippen LogP contribution in [-0.4, -0.2) is 35.2 Å². The van der Waals surface area contributed by atoms with Gasteiger partial charge >= 0.3 is 5.97 Å². The van der Waals surface area contributed by atoms with E-state index in [2.05, 4.69) is 14.8 Å². The molecule has 1 aromatic carbocycles. The van der Waals surface area contributed by atoms with Crippen molar-refractivity contribution in [3.63, 3.8) is 0 Å². The van der Waals surface area contributed by atoms with Gasteiger partial charge in [-0.05, 0) is 30.0 Å². The van der Waals surface area contributed by atoms with Crippen LogP contribution in [0.3, 0.4) is 0 Å². The summed E-state index contributed by atoms with van der Waals surface area (Å²) in [5, 5.41) is 4.73. The van der Waals surface area contributed by atoms with Crippen molar-refractivity contribution in [2.45, 2.75) is 18.2 Å². The van der Waals surface area contributed by atoms with E-state index in [4.69, 9.17) is 4.74 Å². The van der Waals surface area contributed by atoms with Crippen molar-refractivity contribution in [1.82, 2.24) is 0 Å². The third kappa shape index (κ3) is 4.43. The maximum absolute atomic E-state index is 12.6. The quantitative estimate of drug-likeness (QED) is 0.679. The zero-order valence-corrected chi connectivity index (χ0v) is 15.8. The van der Waals surface area contributed by atoms with Gasteiger partial charge in [0.05, 0.1) is 19.9 Å². The third-order valence-corrected chi connectivity index (χ3v) is 5.75. The number of rotatable bonds is 8. The highest BCUT2D eigenvalue weighted by atomic mass is 32.2. The Kier molecular flexibility index (Phi) is 6.27. The van der Waals surface area contributed by atoms with E-state index < -0.39 is 16.0 Å². The van der Waals surface area contributed by atoms with Gasteiger partial charge in [-0.1, -0.05) is 6.92 Å². The predicted molar refractivity (Wildman–Crippen MR) is 98.2 cm³/mol. The lowest BCUT2D eigenvalue weighted by Crippen LogP contribution is -2.16. The summed E-state index contributed by atoms with van der Waals surface area (Å²) in [6.07, 6.45) is 0.963. The van der Waals surface area contributed by atoms with Gasteiger partial charge in [-0.3, -0.25) is 4.72 Å². The van der Waals surface area contributed by atoms with E-state index in [1.54, 1.807) is 18.2 Å². The van der Waals surface area contributed by atoms with Crippen molar-refractivity contribution in [3.8, 4) is 5.75 Å². The average molecular weight is 384 g/mol. The lowest BCUT2D eigenvalue weighted by Gasteiger charge is -2.14. The molecule has 0 bridgehead atoms. The summed E-state index contributed by atoms with van der Waals surface area (Å²) >= 11 is 1.01. The first-order valence-electron chi connectivity index (χ1n) is 7.53. The molecule has 0 unspecified atom stereocenters. The molecular weight excluding hydrogens is 364 g/mol. The minimum atomic E-state index is -3.96. The van der Waals surface area contributed by atoms with Gasteiger partial charge in [-0.25, -0.2) is 13.2 Å². The Morgan fingerprint density at radius 2 is 2.00 bits per heavy atom. The number of carbonyl (C=O) groups excluding carboxylic acids is 1. The van der Waals surface area contributed by atoms with Crippen LogP contribution in [0.1, 0.15) is 23.0 Å². The molecule has 0 atom stereocenters. The second-order valence-corrected chi connectivity index (χ2v) is 7.62. The minimum absolute atomic E-state index is 0.0233. The number of hydrogen-bond donors (Lipinski definition) is 2. The predicted octanol–water partition coefficient (Wildman–Crippen LogP) is 3.17. The molecule has 1 heterocycles. The van der Waals surface area contributed by atoms with E-state index in [0.717, 1.165) is 30.0 Å². The van der Waals surface area contributed by atoms with Crippen LogP contribution in [0.25, 0.3) is 0 Å². The van der Waals surface area contributed by atoms with Crippen LogP contribution < -0.4 is 14.8 Å². The number of carbonyl (C=O) groups is 1. The Morgan fingerprint density at radius 1 is 1.24 bits per heavy atom. The fourth-order valence-electron chi connectivity index (χ4n) is 2.11. The Labute approximate surface area is 151 Å². The number of sulfonamides is 1. The van der Waals surface area contributed by atoms with Gasteiger partial charge in [-0.15, -0.1) is 11.3 Å². The average Bonchev–Trinajstić information content (AvgIpc) is 3.10. The van der Waals surface area contributed by atoms with Crippen molar-refractivity contribution in [1.29, 1.82) is 0 Å². The molecule has 1 aromatic heterocycles. The molecule has 2 N–H and O–H groups in total. The first kappa shape index (κ1) is 19.1. The normalized spacial score (nSPS) is 11.0. The van der Waals surface area contributed by atoms with E-state index in [1.165, 1.54) is 25.7 Å². The molecule has 136 valence electrons. The second kappa shape index (κ2) is 8.21. The maximum atomic E-state index is 12.6. The van der Waals surface area contributed by atoms with Gasteiger partial charge < -0.3 is 14.8 Å². The molecular formula is C16H20N2O5S2. The van der Waals surface area contributed by atoms with Crippen LogP contribution in [-0.2, 0) is 14.8 Å². The van der Waals surface area contributed by atoms with Crippen LogP contribution in [0.4, 0.5) is 11.4 Å². The zero-order chi connectivity index (χ0) is 18.4. The topological polar surface area (TPSA) is 93.7 Å². The molecule has 7 nitrogen and oxygen atoms in total. The highest BCUT2D eigenvalue weighted by Crippen LogP contribution is 2.31. The highest BCUT2D eigenvalue weighted by molar-refractivity contribution is 7.93. The van der Waals surface area contributed by atoms with Crippen molar-refractivity contribution in [3.05, 3.63) is 34.5 Å². The van der Waals surface area contributed by atoms with Gasteiger partial charge in [0.2, 0.25) is 0 Å². The maximum Gasteiger partial charge on any atom is 0.349 e. The lowest BCUT2D eigenvalue weighted by atomic mass is 10.2. The molecule has 0 radical (unpaired) electrons. The molecule has 25 heavy (non-hydrogen) atoms. The molecule has 0 saturated carbocycles. The molecule has 0 saturated heterocycles. The van der Waals surface area contributed by atoms with Gasteiger partial charge in [0.25, 0.3) is 10.0 Å². The Balaban J connectivity index is 2.32. The Morgan fingerprint density at radius 3 is 2.64 bits per heavy atom. The molecule has 0 aliphatic rings. The molecule has 2 rings (SSSR count). The standard InChI is InChI=1S/C16H20N2O5S2/c1-4-8-17-11-5-6-12(13(10-11)22-2)18-25(20,21)14-7-9-24-15(14)16(19)23-3/h5-7,9-10,17-18H,4,8H2,1-3H3. The van der Waals surface area contributed by atoms with Crippen molar-refractivity contribution in [2.24, 2.45) is 0 Å². The van der Waals surface area contributed by atoms with Crippen LogP contribution >= 0.6 is 11.3 Å². The molecule has 0 fully saturated rings. The van der Waals surface area contributed by atoms with Crippen LogP contribution in [0, 0.1) is 0 Å². The van der Waals surface area contributed by atoms with Gasteiger partial charge in [-0.2, -0.15) is 0 Å². The number of nitrogens with one attached hydrogen (secondary N) is 2. The van der Waals surface area contributed by atoms with Gasteiger partial charge in [0, 0.05) is 18.3 Å². The van der Waals surface area contributed by atoms with Crippen LogP contribution in [0.5, 0.6) is 5.75 Å². The van der Waals surface area contributed by atoms with E-state index in [-0.39, 0.29) is 15.5 Å². The Bertz CT molecular complexity index is 846. The molecule has 2 aromatic rings. The summed E-state index contributed by atoms with van der Waals surface area (Å²) in [6, 6.07) is 6.44. The van der Waals surface area contributed by atoms with Crippen LogP contribution in [0.2, 0.25) is 0 Å². The molecule has 0 spiro atoms. The van der Waals surface area contributed by atoms with E-state index in [1.807, 2.05) is 6.92 Å². The lowest BCUT2D eigenvalue weighted by molar-refractivity contribution is 0.0602. The first-order chi connectivity index (χ1) is 11.9. The molecule has 9 heteroatoms. The highest BCUT2D eigenvalue weighted by Gasteiger charge is 2.25. The van der Waals surface area contributed by atoms with E-state index in [9.17, 15) is 13.2 Å². The number of esters is 1. The van der Waals surface area contributed by atoms with Crippen LogP contribution in [0.15, 0.2) is 34.5 Å². The number of benzene rings is 1. The molecule has 0 aliphatic heterocycles. The summed E-state index contributed by atoms with van der Waals surface area (Å²) in [4.78, 5) is 11.6. The number of ether oxygens (including phenoxy) is 2. The third-order valence-electron chi connectivity index (χ3n) is 3.31. The van der Waals surface area contributed by atoms with E-state index >= 15 is 0 Å². The fourth-order valence-corrected chi connectivity index (χ4v) is 4.51. The van der Waals surface area contributed by atoms with Crippen molar-refractivity contribution >= 4 is 38.7 Å². The van der Waals surface area contributed by atoms with Crippen molar-refractivity contribution < 1.29 is 22.7 Å². The summed E-state index contributed by atoms with van der Waals surface area (Å²) in [5.74, 6) is -0.319.